The third-order valence-corrected chi connectivity index (χ3v) is 5.28. The van der Waals surface area contributed by atoms with Gasteiger partial charge in [0, 0.05) is 5.41 Å². The maximum Gasteiger partial charge on any atom is 0.137 e. The lowest BCUT2D eigenvalue weighted by Crippen LogP contribution is -2.40. The van der Waals surface area contributed by atoms with E-state index in [1.807, 2.05) is 18.2 Å². The highest BCUT2D eigenvalue weighted by atomic mass is 35.5. The number of pyridine rings is 1. The Bertz CT molecular complexity index is 669. The fourth-order valence-corrected chi connectivity index (χ4v) is 3.34. The molecule has 116 valence electrons. The number of rotatable bonds is 4. The van der Waals surface area contributed by atoms with E-state index in [4.69, 9.17) is 27.9 Å². The molecule has 1 aromatic heterocycles. The summed E-state index contributed by atoms with van der Waals surface area (Å²) in [7, 11) is 1.59. The minimum atomic E-state index is -0.676. The Labute approximate surface area is 139 Å². The zero-order chi connectivity index (χ0) is 15.7. The number of aromatic nitrogens is 1. The van der Waals surface area contributed by atoms with Gasteiger partial charge in [0.1, 0.15) is 11.9 Å². The highest BCUT2D eigenvalue weighted by Crippen LogP contribution is 2.52. The molecule has 1 aliphatic rings. The predicted molar refractivity (Wildman–Crippen MR) is 87.7 cm³/mol. The van der Waals surface area contributed by atoms with Crippen LogP contribution < -0.4 is 4.74 Å². The summed E-state index contributed by atoms with van der Waals surface area (Å²) < 4.78 is 5.11. The first-order valence-electron chi connectivity index (χ1n) is 7.20. The molecule has 1 fully saturated rings. The van der Waals surface area contributed by atoms with E-state index >= 15 is 0 Å². The van der Waals surface area contributed by atoms with Crippen molar-refractivity contribution in [2.24, 2.45) is 0 Å². The molecule has 0 radical (unpaired) electrons. The summed E-state index contributed by atoms with van der Waals surface area (Å²) in [5.74, 6) is 0.674. The number of ether oxygens (including phenoxy) is 1. The minimum Gasteiger partial charge on any atom is -0.495 e. The average Bonchev–Trinajstić information content (AvgIpc) is 2.49. The van der Waals surface area contributed by atoms with Crippen LogP contribution in [0.3, 0.4) is 0 Å². The van der Waals surface area contributed by atoms with Crippen molar-refractivity contribution in [3.63, 3.8) is 0 Å². The molecule has 0 amide bonds. The predicted octanol–water partition coefficient (Wildman–Crippen LogP) is 4.55. The zero-order valence-electron chi connectivity index (χ0n) is 12.2. The normalized spacial score (nSPS) is 17.6. The van der Waals surface area contributed by atoms with Crippen LogP contribution >= 0.6 is 23.2 Å². The Hall–Kier alpha value is -1.29. The molecule has 0 bridgehead atoms. The Balaban J connectivity index is 1.95. The number of benzene rings is 1. The number of nitrogens with zero attached hydrogens (tertiary/aromatic N) is 1. The molecule has 1 saturated carbocycles. The van der Waals surface area contributed by atoms with E-state index in [1.165, 1.54) is 0 Å². The maximum absolute atomic E-state index is 10.9. The van der Waals surface area contributed by atoms with Crippen LogP contribution in [0.1, 0.15) is 36.6 Å². The highest BCUT2D eigenvalue weighted by Gasteiger charge is 2.46. The van der Waals surface area contributed by atoms with Crippen molar-refractivity contribution in [1.82, 2.24) is 4.98 Å². The Morgan fingerprint density at radius 1 is 1.18 bits per heavy atom. The fraction of sp³-hybridized carbons (Fsp3) is 0.353. The molecule has 1 aliphatic carbocycles. The van der Waals surface area contributed by atoms with Crippen molar-refractivity contribution in [2.75, 3.05) is 7.11 Å². The van der Waals surface area contributed by atoms with Crippen molar-refractivity contribution in [1.29, 1.82) is 0 Å². The van der Waals surface area contributed by atoms with Crippen LogP contribution in [0.15, 0.2) is 36.5 Å². The maximum atomic E-state index is 10.9. The van der Waals surface area contributed by atoms with Crippen LogP contribution in [0.5, 0.6) is 5.75 Å². The summed E-state index contributed by atoms with van der Waals surface area (Å²) >= 11 is 12.1. The monoisotopic (exact) mass is 337 g/mol. The number of hydrogen-bond acceptors (Lipinski definition) is 3. The van der Waals surface area contributed by atoms with Crippen LogP contribution in [0.2, 0.25) is 10.0 Å². The molecule has 0 aliphatic heterocycles. The number of halogens is 2. The standard InChI is InChI=1S/C17H17Cl2NO2/c1-22-12-4-6-15(20-10-12)16(21)17(7-2-8-17)11-3-5-13(18)14(19)9-11/h3-6,9-10,16,21H,2,7-8H2,1H3. The molecule has 1 unspecified atom stereocenters. The van der Waals surface area contributed by atoms with Crippen molar-refractivity contribution in [3.8, 4) is 5.75 Å². The molecular formula is C17H17Cl2NO2. The molecule has 3 rings (SSSR count). The summed E-state index contributed by atoms with van der Waals surface area (Å²) in [6, 6.07) is 9.21. The van der Waals surface area contributed by atoms with Crippen molar-refractivity contribution >= 4 is 23.2 Å². The summed E-state index contributed by atoms with van der Waals surface area (Å²) in [6.07, 6.45) is 3.83. The van der Waals surface area contributed by atoms with E-state index < -0.39 is 6.10 Å². The van der Waals surface area contributed by atoms with Gasteiger partial charge in [0.2, 0.25) is 0 Å². The second-order valence-electron chi connectivity index (χ2n) is 5.66. The summed E-state index contributed by atoms with van der Waals surface area (Å²) in [4.78, 5) is 4.33. The smallest absolute Gasteiger partial charge is 0.137 e. The Morgan fingerprint density at radius 3 is 2.45 bits per heavy atom. The van der Waals surface area contributed by atoms with Crippen molar-refractivity contribution in [3.05, 3.63) is 57.8 Å². The Morgan fingerprint density at radius 2 is 1.95 bits per heavy atom. The van der Waals surface area contributed by atoms with Gasteiger partial charge in [-0.15, -0.1) is 0 Å². The topological polar surface area (TPSA) is 42.4 Å². The second-order valence-corrected chi connectivity index (χ2v) is 6.48. The molecule has 5 heteroatoms. The third-order valence-electron chi connectivity index (χ3n) is 4.54. The highest BCUT2D eigenvalue weighted by molar-refractivity contribution is 6.42. The van der Waals surface area contributed by atoms with Gasteiger partial charge in [0.05, 0.1) is 29.0 Å². The first-order valence-corrected chi connectivity index (χ1v) is 7.96. The van der Waals surface area contributed by atoms with Gasteiger partial charge in [-0.05, 0) is 42.7 Å². The Kier molecular flexibility index (Phi) is 4.31. The number of hydrogen-bond donors (Lipinski definition) is 1. The van der Waals surface area contributed by atoms with Gasteiger partial charge in [0.25, 0.3) is 0 Å². The van der Waals surface area contributed by atoms with Gasteiger partial charge in [-0.3, -0.25) is 4.98 Å². The van der Waals surface area contributed by atoms with Crippen molar-refractivity contribution in [2.45, 2.75) is 30.8 Å². The van der Waals surface area contributed by atoms with Gasteiger partial charge < -0.3 is 9.84 Å². The molecule has 0 saturated heterocycles. The van der Waals surface area contributed by atoms with E-state index in [9.17, 15) is 5.11 Å². The van der Waals surface area contributed by atoms with E-state index in [-0.39, 0.29) is 5.41 Å². The zero-order valence-corrected chi connectivity index (χ0v) is 13.7. The fourth-order valence-electron chi connectivity index (χ4n) is 3.04. The van der Waals surface area contributed by atoms with Crippen LogP contribution in [-0.4, -0.2) is 17.2 Å². The van der Waals surface area contributed by atoms with Crippen LogP contribution in [0, 0.1) is 0 Å². The summed E-state index contributed by atoms with van der Waals surface area (Å²) in [5, 5.41) is 11.9. The lowest BCUT2D eigenvalue weighted by molar-refractivity contribution is 0.0237. The van der Waals surface area contributed by atoms with Crippen molar-refractivity contribution < 1.29 is 9.84 Å². The molecule has 1 atom stereocenters. The molecule has 0 spiro atoms. The van der Waals surface area contributed by atoms with E-state index in [0.717, 1.165) is 24.8 Å². The lowest BCUT2D eigenvalue weighted by Gasteiger charge is -2.46. The molecule has 1 aromatic carbocycles. The summed E-state index contributed by atoms with van der Waals surface area (Å²) in [5.41, 5.74) is 1.32. The molecule has 1 N–H and O–H groups in total. The average molecular weight is 338 g/mol. The SMILES string of the molecule is COc1ccc(C(O)C2(c3ccc(Cl)c(Cl)c3)CCC2)nc1. The van der Waals surface area contributed by atoms with Gasteiger partial charge in [-0.25, -0.2) is 0 Å². The van der Waals surface area contributed by atoms with E-state index in [1.54, 1.807) is 25.4 Å². The first kappa shape index (κ1) is 15.6. The number of aliphatic hydroxyl groups is 1. The number of aliphatic hydroxyl groups excluding tert-OH is 1. The van der Waals surface area contributed by atoms with Crippen LogP contribution in [-0.2, 0) is 5.41 Å². The largest absolute Gasteiger partial charge is 0.495 e. The third kappa shape index (κ3) is 2.58. The van der Waals surface area contributed by atoms with E-state index in [2.05, 4.69) is 4.98 Å². The molecule has 2 aromatic rings. The van der Waals surface area contributed by atoms with Crippen LogP contribution in [0.25, 0.3) is 0 Å². The molecular weight excluding hydrogens is 321 g/mol. The minimum absolute atomic E-state index is 0.337. The second kappa shape index (κ2) is 6.07. The number of methoxy groups -OCH3 is 1. The van der Waals surface area contributed by atoms with Gasteiger partial charge in [-0.1, -0.05) is 35.7 Å². The van der Waals surface area contributed by atoms with Crippen LogP contribution in [0.4, 0.5) is 0 Å². The quantitative estimate of drug-likeness (QED) is 0.889. The molecule has 3 nitrogen and oxygen atoms in total. The van der Waals surface area contributed by atoms with Gasteiger partial charge in [-0.2, -0.15) is 0 Å². The lowest BCUT2D eigenvalue weighted by atomic mass is 9.60. The van der Waals surface area contributed by atoms with E-state index in [0.29, 0.717) is 21.5 Å². The molecule has 22 heavy (non-hydrogen) atoms. The first-order chi connectivity index (χ1) is 10.6. The van der Waals surface area contributed by atoms with Gasteiger partial charge in [0.15, 0.2) is 0 Å². The molecule has 1 heterocycles. The summed E-state index contributed by atoms with van der Waals surface area (Å²) in [6.45, 7) is 0. The van der Waals surface area contributed by atoms with Gasteiger partial charge >= 0.3 is 0 Å².